The Labute approximate surface area is 174 Å². The summed E-state index contributed by atoms with van der Waals surface area (Å²) in [6.45, 7) is 5.75. The zero-order valence-electron chi connectivity index (χ0n) is 16.2. The average molecular weight is 420 g/mol. The minimum Gasteiger partial charge on any atom is -0.324 e. The third-order valence-corrected chi connectivity index (χ3v) is 4.99. The molecular formula is C20H23Cl2N5O. The lowest BCUT2D eigenvalue weighted by atomic mass is 10.2. The first-order valence-electron chi connectivity index (χ1n) is 9.13. The average Bonchev–Trinajstić information content (AvgIpc) is 2.91. The number of halogens is 2. The van der Waals surface area contributed by atoms with Crippen LogP contribution in [-0.2, 0) is 18.4 Å². The Kier molecular flexibility index (Phi) is 6.54. The van der Waals surface area contributed by atoms with Crippen LogP contribution in [0.5, 0.6) is 0 Å². The van der Waals surface area contributed by atoms with Crippen molar-refractivity contribution in [1.29, 1.82) is 0 Å². The van der Waals surface area contributed by atoms with Crippen LogP contribution in [0.4, 0.5) is 5.69 Å². The van der Waals surface area contributed by atoms with Gasteiger partial charge in [-0.25, -0.2) is 4.98 Å². The molecule has 28 heavy (non-hydrogen) atoms. The number of rotatable bonds is 7. The molecule has 2 aromatic heterocycles. The van der Waals surface area contributed by atoms with E-state index in [1.54, 1.807) is 22.9 Å². The van der Waals surface area contributed by atoms with E-state index in [4.69, 9.17) is 23.2 Å². The fourth-order valence-corrected chi connectivity index (χ4v) is 3.67. The maximum atomic E-state index is 12.5. The Bertz CT molecular complexity index is 1000. The van der Waals surface area contributed by atoms with Gasteiger partial charge in [-0.3, -0.25) is 14.4 Å². The van der Waals surface area contributed by atoms with Crippen LogP contribution < -0.4 is 5.32 Å². The predicted molar refractivity (Wildman–Crippen MR) is 114 cm³/mol. The number of hydrogen-bond acceptors (Lipinski definition) is 4. The van der Waals surface area contributed by atoms with Crippen molar-refractivity contribution < 1.29 is 4.79 Å². The van der Waals surface area contributed by atoms with Crippen LogP contribution in [0.1, 0.15) is 24.6 Å². The molecule has 0 aliphatic carbocycles. The van der Waals surface area contributed by atoms with Gasteiger partial charge in [0.05, 0.1) is 22.9 Å². The van der Waals surface area contributed by atoms with E-state index >= 15 is 0 Å². The summed E-state index contributed by atoms with van der Waals surface area (Å²) >= 11 is 12.1. The summed E-state index contributed by atoms with van der Waals surface area (Å²) in [6.07, 6.45) is 2.79. The van der Waals surface area contributed by atoms with Gasteiger partial charge in [0.25, 0.3) is 0 Å². The van der Waals surface area contributed by atoms with Gasteiger partial charge in [-0.2, -0.15) is 5.10 Å². The number of pyridine rings is 1. The number of aryl methyl sites for hydroxylation is 2. The van der Waals surface area contributed by atoms with Crippen LogP contribution in [0.25, 0.3) is 11.0 Å². The first-order valence-corrected chi connectivity index (χ1v) is 9.88. The highest BCUT2D eigenvalue weighted by atomic mass is 35.5. The van der Waals surface area contributed by atoms with Crippen LogP contribution in [0.3, 0.4) is 0 Å². The van der Waals surface area contributed by atoms with Gasteiger partial charge >= 0.3 is 0 Å². The first kappa shape index (κ1) is 20.6. The van der Waals surface area contributed by atoms with Gasteiger partial charge in [-0.1, -0.05) is 30.1 Å². The zero-order valence-corrected chi connectivity index (χ0v) is 17.7. The summed E-state index contributed by atoms with van der Waals surface area (Å²) in [5.41, 5.74) is 3.42. The summed E-state index contributed by atoms with van der Waals surface area (Å²) in [4.78, 5) is 19.1. The van der Waals surface area contributed by atoms with Gasteiger partial charge in [-0.15, -0.1) is 0 Å². The lowest BCUT2D eigenvalue weighted by molar-refractivity contribution is -0.117. The summed E-state index contributed by atoms with van der Waals surface area (Å²) in [5.74, 6) is -0.121. The Morgan fingerprint density at radius 3 is 2.79 bits per heavy atom. The second kappa shape index (κ2) is 8.90. The van der Waals surface area contributed by atoms with Crippen molar-refractivity contribution in [3.8, 4) is 0 Å². The van der Waals surface area contributed by atoms with Gasteiger partial charge in [0.2, 0.25) is 5.91 Å². The molecule has 0 spiro atoms. The molecule has 0 saturated carbocycles. The molecule has 0 saturated heterocycles. The van der Waals surface area contributed by atoms with E-state index in [0.717, 1.165) is 35.3 Å². The molecule has 3 rings (SSSR count). The largest absolute Gasteiger partial charge is 0.324 e. The fraction of sp³-hybridized carbons (Fsp3) is 0.350. The highest BCUT2D eigenvalue weighted by Crippen LogP contribution is 2.25. The molecule has 0 aliphatic heterocycles. The monoisotopic (exact) mass is 419 g/mol. The van der Waals surface area contributed by atoms with E-state index in [1.807, 2.05) is 20.2 Å². The topological polar surface area (TPSA) is 63.1 Å². The number of anilines is 1. The van der Waals surface area contributed by atoms with Crippen LogP contribution >= 0.6 is 23.2 Å². The summed E-state index contributed by atoms with van der Waals surface area (Å²) < 4.78 is 1.78. The molecule has 0 radical (unpaired) electrons. The summed E-state index contributed by atoms with van der Waals surface area (Å²) in [7, 11) is 1.89. The molecule has 6 nitrogen and oxygen atoms in total. The van der Waals surface area contributed by atoms with E-state index in [9.17, 15) is 4.79 Å². The zero-order chi connectivity index (χ0) is 20.3. The maximum absolute atomic E-state index is 12.5. The molecule has 0 fully saturated rings. The van der Waals surface area contributed by atoms with Crippen LogP contribution in [0, 0.1) is 6.92 Å². The number of nitrogens with one attached hydrogen (secondary N) is 1. The Balaban J connectivity index is 1.70. The molecule has 8 heteroatoms. The summed E-state index contributed by atoms with van der Waals surface area (Å²) in [5, 5.41) is 9.25. The van der Waals surface area contributed by atoms with Crippen molar-refractivity contribution >= 4 is 45.8 Å². The number of benzene rings is 1. The third-order valence-electron chi connectivity index (χ3n) is 4.44. The van der Waals surface area contributed by atoms with E-state index in [0.29, 0.717) is 22.3 Å². The van der Waals surface area contributed by atoms with Crippen molar-refractivity contribution in [2.75, 3.05) is 18.4 Å². The van der Waals surface area contributed by atoms with E-state index < -0.39 is 0 Å². The standard InChI is InChI=1S/C20H23Cl2N5O/c1-4-7-27(12-19(28)24-18-6-5-15(21)9-17(18)22)11-14-8-16-13(2)25-26(3)20(16)23-10-14/h5-6,8-10H,4,7,11-12H2,1-3H3,(H,24,28). The number of carbonyl (C=O) groups excluding carboxylic acids is 1. The second-order valence-corrected chi connectivity index (χ2v) is 7.65. The number of aromatic nitrogens is 3. The lowest BCUT2D eigenvalue weighted by Crippen LogP contribution is -2.33. The number of fused-ring (bicyclic) bond motifs is 1. The SMILES string of the molecule is CCCN(CC(=O)Nc1ccc(Cl)cc1Cl)Cc1cnc2c(c1)c(C)nn2C. The smallest absolute Gasteiger partial charge is 0.238 e. The molecule has 1 aromatic carbocycles. The molecule has 0 unspecified atom stereocenters. The third kappa shape index (κ3) is 4.82. The Morgan fingerprint density at radius 2 is 2.07 bits per heavy atom. The van der Waals surface area contributed by atoms with Crippen molar-refractivity contribution in [2.45, 2.75) is 26.8 Å². The highest BCUT2D eigenvalue weighted by molar-refractivity contribution is 6.36. The molecule has 0 atom stereocenters. The van der Waals surface area contributed by atoms with Gasteiger partial charge in [-0.05, 0) is 49.7 Å². The number of nitrogens with zero attached hydrogens (tertiary/aromatic N) is 4. The van der Waals surface area contributed by atoms with Crippen molar-refractivity contribution in [3.63, 3.8) is 0 Å². The van der Waals surface area contributed by atoms with Crippen molar-refractivity contribution in [1.82, 2.24) is 19.7 Å². The number of carbonyl (C=O) groups is 1. The van der Waals surface area contributed by atoms with Crippen molar-refractivity contribution in [2.24, 2.45) is 7.05 Å². The molecule has 2 heterocycles. The first-order chi connectivity index (χ1) is 13.4. The molecule has 0 aliphatic rings. The molecule has 3 aromatic rings. The lowest BCUT2D eigenvalue weighted by Gasteiger charge is -2.21. The molecule has 1 amide bonds. The number of amides is 1. The van der Waals surface area contributed by atoms with Crippen LogP contribution in [0.15, 0.2) is 30.5 Å². The van der Waals surface area contributed by atoms with Crippen LogP contribution in [-0.4, -0.2) is 38.7 Å². The normalized spacial score (nSPS) is 11.4. The molecule has 1 N–H and O–H groups in total. The Morgan fingerprint density at radius 1 is 1.29 bits per heavy atom. The second-order valence-electron chi connectivity index (χ2n) is 6.81. The van der Waals surface area contributed by atoms with E-state index in [1.165, 1.54) is 0 Å². The fourth-order valence-electron chi connectivity index (χ4n) is 3.21. The highest BCUT2D eigenvalue weighted by Gasteiger charge is 2.14. The number of hydrogen-bond donors (Lipinski definition) is 1. The van der Waals surface area contributed by atoms with Crippen LogP contribution in [0.2, 0.25) is 10.0 Å². The maximum Gasteiger partial charge on any atom is 0.238 e. The Hall–Kier alpha value is -2.15. The van der Waals surface area contributed by atoms with E-state index in [-0.39, 0.29) is 12.5 Å². The molecule has 0 bridgehead atoms. The quantitative estimate of drug-likeness (QED) is 0.614. The van der Waals surface area contributed by atoms with Crippen molar-refractivity contribution in [3.05, 3.63) is 51.8 Å². The molecule has 148 valence electrons. The van der Waals surface area contributed by atoms with Gasteiger partial charge in [0, 0.05) is 30.2 Å². The van der Waals surface area contributed by atoms with E-state index in [2.05, 4.69) is 33.3 Å². The van der Waals surface area contributed by atoms with Gasteiger partial charge in [0.15, 0.2) is 5.65 Å². The molecular weight excluding hydrogens is 397 g/mol. The minimum atomic E-state index is -0.121. The minimum absolute atomic E-state index is 0.121. The van der Waals surface area contributed by atoms with Gasteiger partial charge < -0.3 is 5.32 Å². The summed E-state index contributed by atoms with van der Waals surface area (Å²) in [6, 6.07) is 7.11. The van der Waals surface area contributed by atoms with Gasteiger partial charge in [0.1, 0.15) is 0 Å². The predicted octanol–water partition coefficient (Wildman–Crippen LogP) is 4.43.